The molecule has 2 nitrogen and oxygen atoms in total. The average molecular weight is 372 g/mol. The number of allylic oxidation sites excluding steroid dienone is 2. The highest BCUT2D eigenvalue weighted by molar-refractivity contribution is 6.33. The van der Waals surface area contributed by atoms with Crippen molar-refractivity contribution in [2.75, 3.05) is 4.90 Å². The van der Waals surface area contributed by atoms with Gasteiger partial charge in [0, 0.05) is 17.3 Å². The Morgan fingerprint density at radius 2 is 1.44 bits per heavy atom. The monoisotopic (exact) mass is 371 g/mol. The van der Waals surface area contributed by atoms with Crippen molar-refractivity contribution in [3.63, 3.8) is 0 Å². The molecular formula is C24H18ClNO. The SMILES string of the molecule is O=C(C1=CN(c2ccccc2Cl)C(c2ccccc2)C=C1)c1ccccc1. The van der Waals surface area contributed by atoms with Crippen molar-refractivity contribution in [3.05, 3.63) is 125 Å². The molecule has 0 amide bonds. The molecule has 0 aliphatic carbocycles. The smallest absolute Gasteiger partial charge is 0.194 e. The maximum atomic E-state index is 12.9. The molecular weight excluding hydrogens is 354 g/mol. The number of hydrogen-bond acceptors (Lipinski definition) is 2. The third kappa shape index (κ3) is 3.57. The van der Waals surface area contributed by atoms with Crippen LogP contribution in [0.1, 0.15) is 22.0 Å². The number of rotatable bonds is 4. The van der Waals surface area contributed by atoms with Gasteiger partial charge in [-0.2, -0.15) is 0 Å². The lowest BCUT2D eigenvalue weighted by Crippen LogP contribution is -2.26. The maximum absolute atomic E-state index is 12.9. The van der Waals surface area contributed by atoms with E-state index in [1.807, 2.05) is 85.1 Å². The first kappa shape index (κ1) is 17.3. The largest absolute Gasteiger partial charge is 0.335 e. The minimum absolute atomic E-state index is 0.00425. The van der Waals surface area contributed by atoms with E-state index in [9.17, 15) is 4.79 Å². The fraction of sp³-hybridized carbons (Fsp3) is 0.0417. The summed E-state index contributed by atoms with van der Waals surface area (Å²) in [7, 11) is 0. The highest BCUT2D eigenvalue weighted by Gasteiger charge is 2.24. The van der Waals surface area contributed by atoms with Gasteiger partial charge in [0.2, 0.25) is 0 Å². The van der Waals surface area contributed by atoms with Gasteiger partial charge in [-0.15, -0.1) is 0 Å². The number of nitrogens with zero attached hydrogens (tertiary/aromatic N) is 1. The lowest BCUT2D eigenvalue weighted by molar-refractivity contribution is 0.103. The molecule has 0 spiro atoms. The average Bonchev–Trinajstić information content (AvgIpc) is 2.74. The Morgan fingerprint density at radius 1 is 0.815 bits per heavy atom. The molecule has 0 fully saturated rings. The van der Waals surface area contributed by atoms with E-state index in [4.69, 9.17) is 11.6 Å². The fourth-order valence-corrected chi connectivity index (χ4v) is 3.49. The first-order valence-electron chi connectivity index (χ1n) is 8.81. The van der Waals surface area contributed by atoms with Crippen LogP contribution in [0, 0.1) is 0 Å². The van der Waals surface area contributed by atoms with E-state index in [2.05, 4.69) is 23.1 Å². The van der Waals surface area contributed by atoms with Crippen LogP contribution in [0.4, 0.5) is 5.69 Å². The maximum Gasteiger partial charge on any atom is 0.194 e. The van der Waals surface area contributed by atoms with E-state index < -0.39 is 0 Å². The minimum Gasteiger partial charge on any atom is -0.335 e. The summed E-state index contributed by atoms with van der Waals surface area (Å²) >= 11 is 6.47. The van der Waals surface area contributed by atoms with Gasteiger partial charge in [-0.05, 0) is 17.7 Å². The van der Waals surface area contributed by atoms with Crippen molar-refractivity contribution >= 4 is 23.1 Å². The predicted octanol–water partition coefficient (Wildman–Crippen LogP) is 6.22. The topological polar surface area (TPSA) is 20.3 Å². The van der Waals surface area contributed by atoms with Gasteiger partial charge >= 0.3 is 0 Å². The van der Waals surface area contributed by atoms with Crippen LogP contribution < -0.4 is 4.90 Å². The van der Waals surface area contributed by atoms with E-state index in [0.717, 1.165) is 11.3 Å². The van der Waals surface area contributed by atoms with E-state index >= 15 is 0 Å². The normalized spacial score (nSPS) is 16.1. The number of Topliss-reactive ketones (excluding diaryl/α,β-unsaturated/α-hetero) is 1. The van der Waals surface area contributed by atoms with E-state index in [-0.39, 0.29) is 11.8 Å². The number of hydrogen-bond donors (Lipinski definition) is 0. The molecule has 0 radical (unpaired) electrons. The van der Waals surface area contributed by atoms with Crippen LogP contribution in [0.25, 0.3) is 0 Å². The molecule has 4 rings (SSSR count). The van der Waals surface area contributed by atoms with Gasteiger partial charge in [-0.1, -0.05) is 96.5 Å². The molecule has 1 aliphatic heterocycles. The number of benzene rings is 3. The van der Waals surface area contributed by atoms with Gasteiger partial charge in [0.1, 0.15) is 0 Å². The third-order valence-electron chi connectivity index (χ3n) is 4.61. The Labute approximate surface area is 164 Å². The quantitative estimate of drug-likeness (QED) is 0.507. The molecule has 0 aromatic heterocycles. The zero-order chi connectivity index (χ0) is 18.6. The Kier molecular flexibility index (Phi) is 4.91. The lowest BCUT2D eigenvalue weighted by Gasteiger charge is -2.33. The van der Waals surface area contributed by atoms with Gasteiger partial charge in [0.15, 0.2) is 5.78 Å². The molecule has 0 saturated heterocycles. The van der Waals surface area contributed by atoms with Crippen molar-refractivity contribution in [2.24, 2.45) is 0 Å². The number of ketones is 1. The second-order valence-electron chi connectivity index (χ2n) is 6.35. The zero-order valence-electron chi connectivity index (χ0n) is 14.6. The summed E-state index contributed by atoms with van der Waals surface area (Å²) < 4.78 is 0. The van der Waals surface area contributed by atoms with E-state index in [1.165, 1.54) is 0 Å². The summed E-state index contributed by atoms with van der Waals surface area (Å²) in [6.45, 7) is 0. The van der Waals surface area contributed by atoms with Crippen molar-refractivity contribution in [3.8, 4) is 0 Å². The number of carbonyl (C=O) groups is 1. The Hall–Kier alpha value is -3.10. The third-order valence-corrected chi connectivity index (χ3v) is 4.93. The van der Waals surface area contributed by atoms with Crippen LogP contribution in [-0.2, 0) is 0 Å². The number of carbonyl (C=O) groups excluding carboxylic acids is 1. The number of para-hydroxylation sites is 1. The predicted molar refractivity (Wildman–Crippen MR) is 111 cm³/mol. The first-order valence-corrected chi connectivity index (χ1v) is 9.19. The molecule has 0 bridgehead atoms. The fourth-order valence-electron chi connectivity index (χ4n) is 3.25. The lowest BCUT2D eigenvalue weighted by atomic mass is 9.96. The van der Waals surface area contributed by atoms with Crippen LogP contribution in [0.3, 0.4) is 0 Å². The van der Waals surface area contributed by atoms with Gasteiger partial charge in [-0.25, -0.2) is 0 Å². The van der Waals surface area contributed by atoms with Crippen LogP contribution in [0.2, 0.25) is 5.02 Å². The second-order valence-corrected chi connectivity index (χ2v) is 6.76. The van der Waals surface area contributed by atoms with Gasteiger partial charge < -0.3 is 4.90 Å². The highest BCUT2D eigenvalue weighted by atomic mass is 35.5. The molecule has 3 aromatic carbocycles. The number of halogens is 1. The van der Waals surface area contributed by atoms with Crippen molar-refractivity contribution in [1.29, 1.82) is 0 Å². The standard InChI is InChI=1S/C24H18ClNO/c25-21-13-7-8-14-23(21)26-17-20(24(27)19-11-5-2-6-12-19)15-16-22(26)18-9-3-1-4-10-18/h1-17,22H. The molecule has 1 atom stereocenters. The Morgan fingerprint density at radius 3 is 2.15 bits per heavy atom. The zero-order valence-corrected chi connectivity index (χ0v) is 15.4. The Balaban J connectivity index is 1.77. The molecule has 132 valence electrons. The van der Waals surface area contributed by atoms with Gasteiger partial charge in [-0.3, -0.25) is 4.79 Å². The summed E-state index contributed by atoms with van der Waals surface area (Å²) in [5.74, 6) is -0.00425. The van der Waals surface area contributed by atoms with Crippen LogP contribution in [0.15, 0.2) is 109 Å². The summed E-state index contributed by atoms with van der Waals surface area (Å²) in [6.07, 6.45) is 5.85. The van der Waals surface area contributed by atoms with Crippen LogP contribution in [-0.4, -0.2) is 5.78 Å². The Bertz CT molecular complexity index is 1010. The molecule has 27 heavy (non-hydrogen) atoms. The second kappa shape index (κ2) is 7.65. The molecule has 1 unspecified atom stereocenters. The summed E-state index contributed by atoms with van der Waals surface area (Å²) in [5.41, 5.74) is 3.31. The van der Waals surface area contributed by atoms with Crippen LogP contribution in [0.5, 0.6) is 0 Å². The highest BCUT2D eigenvalue weighted by Crippen LogP contribution is 2.36. The summed E-state index contributed by atoms with van der Waals surface area (Å²) in [4.78, 5) is 15.0. The molecule has 0 saturated carbocycles. The number of anilines is 1. The van der Waals surface area contributed by atoms with Crippen molar-refractivity contribution in [2.45, 2.75) is 6.04 Å². The van der Waals surface area contributed by atoms with E-state index in [1.54, 1.807) is 0 Å². The molecule has 1 aliphatic rings. The van der Waals surface area contributed by atoms with Crippen molar-refractivity contribution in [1.82, 2.24) is 0 Å². The minimum atomic E-state index is -0.0292. The van der Waals surface area contributed by atoms with Gasteiger partial charge in [0.05, 0.1) is 16.8 Å². The van der Waals surface area contributed by atoms with Crippen LogP contribution >= 0.6 is 11.6 Å². The van der Waals surface area contributed by atoms with E-state index in [0.29, 0.717) is 16.2 Å². The molecule has 1 heterocycles. The first-order chi connectivity index (χ1) is 13.2. The summed E-state index contributed by atoms with van der Waals surface area (Å²) in [5, 5.41) is 0.650. The molecule has 0 N–H and O–H groups in total. The molecule has 3 aromatic rings. The summed E-state index contributed by atoms with van der Waals surface area (Å²) in [6, 6.07) is 27.2. The van der Waals surface area contributed by atoms with Gasteiger partial charge in [0.25, 0.3) is 0 Å². The molecule has 3 heteroatoms. The van der Waals surface area contributed by atoms with Crippen molar-refractivity contribution < 1.29 is 4.79 Å².